The van der Waals surface area contributed by atoms with E-state index in [1.807, 2.05) is 11.4 Å². The smallest absolute Gasteiger partial charge is 0.224 e. The number of thiophene rings is 1. The quantitative estimate of drug-likeness (QED) is 0.898. The van der Waals surface area contributed by atoms with Crippen molar-refractivity contribution in [1.82, 2.24) is 10.6 Å². The monoisotopic (exact) mass is 302 g/mol. The minimum Gasteiger partial charge on any atom is -0.351 e. The first-order valence-electron chi connectivity index (χ1n) is 5.47. The number of hydrogen-bond donors (Lipinski definition) is 2. The van der Waals surface area contributed by atoms with Crippen molar-refractivity contribution in [2.75, 3.05) is 13.1 Å². The van der Waals surface area contributed by atoms with Gasteiger partial charge in [0.25, 0.3) is 0 Å². The van der Waals surface area contributed by atoms with Crippen LogP contribution in [-0.4, -0.2) is 19.0 Å². The number of piperidine rings is 1. The van der Waals surface area contributed by atoms with Crippen molar-refractivity contribution in [2.24, 2.45) is 5.92 Å². The van der Waals surface area contributed by atoms with Crippen LogP contribution in [0.5, 0.6) is 0 Å². The Morgan fingerprint density at radius 3 is 3.19 bits per heavy atom. The largest absolute Gasteiger partial charge is 0.351 e. The molecule has 5 heteroatoms. The Kier molecular flexibility index (Phi) is 4.37. The summed E-state index contributed by atoms with van der Waals surface area (Å²) in [5, 5.41) is 8.28. The Bertz CT molecular complexity index is 361. The molecule has 2 heterocycles. The molecule has 1 aliphatic rings. The first kappa shape index (κ1) is 12.1. The summed E-state index contributed by atoms with van der Waals surface area (Å²) < 4.78 is 1.08. The number of amides is 1. The van der Waals surface area contributed by atoms with Gasteiger partial charge in [-0.3, -0.25) is 4.79 Å². The van der Waals surface area contributed by atoms with Crippen LogP contribution in [0.15, 0.2) is 15.9 Å². The molecule has 2 N–H and O–H groups in total. The summed E-state index contributed by atoms with van der Waals surface area (Å²) >= 11 is 5.06. The van der Waals surface area contributed by atoms with Crippen LogP contribution >= 0.6 is 27.3 Å². The van der Waals surface area contributed by atoms with Gasteiger partial charge >= 0.3 is 0 Å². The Labute approximate surface area is 108 Å². The number of nitrogens with one attached hydrogen (secondary N) is 2. The minimum atomic E-state index is 0.150. The van der Waals surface area contributed by atoms with Crippen LogP contribution < -0.4 is 10.6 Å². The van der Waals surface area contributed by atoms with Gasteiger partial charge in [0.15, 0.2) is 0 Å². The van der Waals surface area contributed by atoms with Crippen molar-refractivity contribution < 1.29 is 4.79 Å². The molecule has 16 heavy (non-hydrogen) atoms. The Morgan fingerprint density at radius 2 is 2.56 bits per heavy atom. The first-order valence-corrected chi connectivity index (χ1v) is 7.14. The maximum atomic E-state index is 11.8. The molecule has 1 saturated heterocycles. The Hall–Kier alpha value is -0.390. The summed E-state index contributed by atoms with van der Waals surface area (Å²) in [5.74, 6) is 0.328. The van der Waals surface area contributed by atoms with Crippen LogP contribution in [0.2, 0.25) is 0 Å². The van der Waals surface area contributed by atoms with Gasteiger partial charge in [0.05, 0.1) is 12.5 Å². The first-order chi connectivity index (χ1) is 7.75. The molecule has 0 bridgehead atoms. The van der Waals surface area contributed by atoms with E-state index in [1.165, 1.54) is 4.88 Å². The van der Waals surface area contributed by atoms with E-state index < -0.39 is 0 Å². The zero-order valence-corrected chi connectivity index (χ0v) is 11.4. The van der Waals surface area contributed by atoms with Crippen molar-refractivity contribution in [3.8, 4) is 0 Å². The lowest BCUT2D eigenvalue weighted by molar-refractivity contribution is -0.125. The lowest BCUT2D eigenvalue weighted by atomic mass is 9.99. The van der Waals surface area contributed by atoms with Gasteiger partial charge in [-0.2, -0.15) is 0 Å². The SMILES string of the molecule is O=C(NCc1cc(Br)cs1)[C@H]1CCCNC1. The number of carbonyl (C=O) groups excluding carboxylic acids is 1. The van der Waals surface area contributed by atoms with Gasteiger partial charge in [-0.25, -0.2) is 0 Å². The van der Waals surface area contributed by atoms with E-state index in [2.05, 4.69) is 26.6 Å². The number of rotatable bonds is 3. The van der Waals surface area contributed by atoms with Crippen molar-refractivity contribution in [1.29, 1.82) is 0 Å². The molecule has 1 aromatic rings. The summed E-state index contributed by atoms with van der Waals surface area (Å²) in [5.41, 5.74) is 0. The van der Waals surface area contributed by atoms with E-state index in [1.54, 1.807) is 11.3 Å². The van der Waals surface area contributed by atoms with Crippen LogP contribution in [0.1, 0.15) is 17.7 Å². The predicted octanol–water partition coefficient (Wildman–Crippen LogP) is 2.13. The van der Waals surface area contributed by atoms with Gasteiger partial charge in [0.1, 0.15) is 0 Å². The van der Waals surface area contributed by atoms with E-state index >= 15 is 0 Å². The van der Waals surface area contributed by atoms with Crippen molar-refractivity contribution in [2.45, 2.75) is 19.4 Å². The molecule has 0 saturated carbocycles. The maximum absolute atomic E-state index is 11.8. The molecule has 1 amide bonds. The molecule has 3 nitrogen and oxygen atoms in total. The molecular weight excluding hydrogens is 288 g/mol. The minimum absolute atomic E-state index is 0.150. The summed E-state index contributed by atoms with van der Waals surface area (Å²) in [6.07, 6.45) is 2.11. The highest BCUT2D eigenvalue weighted by molar-refractivity contribution is 9.10. The topological polar surface area (TPSA) is 41.1 Å². The molecule has 1 aromatic heterocycles. The predicted molar refractivity (Wildman–Crippen MR) is 69.5 cm³/mol. The molecule has 0 radical (unpaired) electrons. The van der Waals surface area contributed by atoms with E-state index in [0.29, 0.717) is 6.54 Å². The second kappa shape index (κ2) is 5.80. The molecule has 88 valence electrons. The van der Waals surface area contributed by atoms with Crippen molar-refractivity contribution in [3.63, 3.8) is 0 Å². The second-order valence-corrected chi connectivity index (χ2v) is 5.90. The fourth-order valence-corrected chi connectivity index (χ4v) is 3.23. The summed E-state index contributed by atoms with van der Waals surface area (Å²) in [4.78, 5) is 13.0. The van der Waals surface area contributed by atoms with Gasteiger partial charge in [-0.1, -0.05) is 0 Å². The van der Waals surface area contributed by atoms with Gasteiger partial charge < -0.3 is 10.6 Å². The Balaban J connectivity index is 1.78. The standard InChI is InChI=1S/C11H15BrN2OS/c12-9-4-10(16-7-9)6-14-11(15)8-2-1-3-13-5-8/h4,7-8,13H,1-3,5-6H2,(H,14,15)/t8-/m0/s1. The zero-order valence-electron chi connectivity index (χ0n) is 8.96. The number of carbonyl (C=O) groups is 1. The third kappa shape index (κ3) is 3.30. The maximum Gasteiger partial charge on any atom is 0.224 e. The fourth-order valence-electron chi connectivity index (χ4n) is 1.84. The second-order valence-electron chi connectivity index (χ2n) is 3.99. The lowest BCUT2D eigenvalue weighted by Gasteiger charge is -2.21. The molecule has 1 aliphatic heterocycles. The molecular formula is C11H15BrN2OS. The fraction of sp³-hybridized carbons (Fsp3) is 0.545. The van der Waals surface area contributed by atoms with Crippen molar-refractivity contribution in [3.05, 3.63) is 20.8 Å². The summed E-state index contributed by atoms with van der Waals surface area (Å²) in [6, 6.07) is 2.05. The zero-order chi connectivity index (χ0) is 11.4. The van der Waals surface area contributed by atoms with Crippen LogP contribution in [-0.2, 0) is 11.3 Å². The molecule has 0 aliphatic carbocycles. The van der Waals surface area contributed by atoms with Crippen LogP contribution in [0, 0.1) is 5.92 Å². The normalized spacial score (nSPS) is 20.7. The van der Waals surface area contributed by atoms with Crippen LogP contribution in [0.25, 0.3) is 0 Å². The average Bonchev–Trinajstić information content (AvgIpc) is 2.73. The molecule has 2 rings (SSSR count). The molecule has 0 aromatic carbocycles. The van der Waals surface area contributed by atoms with E-state index in [4.69, 9.17) is 0 Å². The highest BCUT2D eigenvalue weighted by Crippen LogP contribution is 2.19. The average molecular weight is 303 g/mol. The Morgan fingerprint density at radius 1 is 1.69 bits per heavy atom. The van der Waals surface area contributed by atoms with Gasteiger partial charge in [-0.15, -0.1) is 11.3 Å². The summed E-state index contributed by atoms with van der Waals surface area (Å²) in [6.45, 7) is 2.51. The van der Waals surface area contributed by atoms with Gasteiger partial charge in [-0.05, 0) is 41.4 Å². The third-order valence-electron chi connectivity index (χ3n) is 2.73. The van der Waals surface area contributed by atoms with Crippen LogP contribution in [0.4, 0.5) is 0 Å². The summed E-state index contributed by atoms with van der Waals surface area (Å²) in [7, 11) is 0. The van der Waals surface area contributed by atoms with E-state index in [-0.39, 0.29) is 11.8 Å². The number of hydrogen-bond acceptors (Lipinski definition) is 3. The van der Waals surface area contributed by atoms with Crippen molar-refractivity contribution >= 4 is 33.2 Å². The highest BCUT2D eigenvalue weighted by atomic mass is 79.9. The molecule has 0 spiro atoms. The van der Waals surface area contributed by atoms with Gasteiger partial charge in [0.2, 0.25) is 5.91 Å². The number of halogens is 1. The highest BCUT2D eigenvalue weighted by Gasteiger charge is 2.20. The lowest BCUT2D eigenvalue weighted by Crippen LogP contribution is -2.40. The third-order valence-corrected chi connectivity index (χ3v) is 4.42. The van der Waals surface area contributed by atoms with E-state index in [0.717, 1.165) is 30.4 Å². The van der Waals surface area contributed by atoms with Crippen LogP contribution in [0.3, 0.4) is 0 Å². The molecule has 1 atom stereocenters. The van der Waals surface area contributed by atoms with Gasteiger partial charge in [0, 0.05) is 21.3 Å². The molecule has 0 unspecified atom stereocenters. The molecule has 1 fully saturated rings. The van der Waals surface area contributed by atoms with E-state index in [9.17, 15) is 4.79 Å².